The van der Waals surface area contributed by atoms with E-state index in [2.05, 4.69) is 0 Å². The fourth-order valence-electron chi connectivity index (χ4n) is 3.27. The van der Waals surface area contributed by atoms with Gasteiger partial charge in [-0.25, -0.2) is 0 Å². The number of halogens is 1. The van der Waals surface area contributed by atoms with Gasteiger partial charge < -0.3 is 24.2 Å². The van der Waals surface area contributed by atoms with Crippen LogP contribution in [-0.4, -0.2) is 60.9 Å². The molecular weight excluding hydrogens is 362 g/mol. The van der Waals surface area contributed by atoms with Gasteiger partial charge in [0.15, 0.2) is 11.5 Å². The molecule has 1 amide bonds. The Morgan fingerprint density at radius 3 is 2.62 bits per heavy atom. The molecule has 2 aliphatic heterocycles. The number of hydrogen-bond donors (Lipinski definition) is 1. The molecule has 2 heterocycles. The van der Waals surface area contributed by atoms with Crippen LogP contribution >= 0.6 is 11.6 Å². The molecule has 1 aromatic carbocycles. The molecule has 1 N–H and O–H groups in total. The summed E-state index contributed by atoms with van der Waals surface area (Å²) >= 11 is 6.24. The lowest BCUT2D eigenvalue weighted by atomic mass is 10.0. The number of aliphatic carboxylic acids is 1. The van der Waals surface area contributed by atoms with E-state index >= 15 is 0 Å². The van der Waals surface area contributed by atoms with Crippen molar-refractivity contribution in [2.45, 2.75) is 31.7 Å². The van der Waals surface area contributed by atoms with Gasteiger partial charge in [-0.3, -0.25) is 9.59 Å². The number of carboxylic acid groups (broad SMARTS) is 1. The van der Waals surface area contributed by atoms with Crippen molar-refractivity contribution in [3.05, 3.63) is 22.7 Å². The highest BCUT2D eigenvalue weighted by Crippen LogP contribution is 2.38. The van der Waals surface area contributed by atoms with Gasteiger partial charge in [-0.05, 0) is 30.5 Å². The topological polar surface area (TPSA) is 85.3 Å². The van der Waals surface area contributed by atoms with E-state index in [-0.39, 0.29) is 31.3 Å². The van der Waals surface area contributed by atoms with Crippen LogP contribution in [0.5, 0.6) is 11.5 Å². The lowest BCUT2D eigenvalue weighted by Crippen LogP contribution is -2.45. The van der Waals surface area contributed by atoms with Crippen LogP contribution in [0.2, 0.25) is 5.02 Å². The van der Waals surface area contributed by atoms with E-state index in [0.29, 0.717) is 55.8 Å². The molecular formula is C18H22ClNO6. The number of carbonyl (C=O) groups excluding carboxylic acids is 1. The molecule has 0 bridgehead atoms. The minimum absolute atomic E-state index is 0.00304. The van der Waals surface area contributed by atoms with Crippen LogP contribution in [0.25, 0.3) is 0 Å². The number of carboxylic acids is 1. The summed E-state index contributed by atoms with van der Waals surface area (Å²) in [5.41, 5.74) is 0.719. The second-order valence-corrected chi connectivity index (χ2v) is 6.76. The van der Waals surface area contributed by atoms with Gasteiger partial charge in [0.25, 0.3) is 0 Å². The summed E-state index contributed by atoms with van der Waals surface area (Å²) in [5, 5.41) is 9.40. The van der Waals surface area contributed by atoms with Gasteiger partial charge in [0.1, 0.15) is 13.2 Å². The molecule has 1 aromatic rings. The predicted molar refractivity (Wildman–Crippen MR) is 94.0 cm³/mol. The largest absolute Gasteiger partial charge is 0.486 e. The van der Waals surface area contributed by atoms with Gasteiger partial charge >= 0.3 is 5.97 Å². The molecule has 26 heavy (non-hydrogen) atoms. The Morgan fingerprint density at radius 2 is 1.88 bits per heavy atom. The first kappa shape index (κ1) is 18.8. The molecule has 1 saturated heterocycles. The minimum atomic E-state index is -0.919. The fourth-order valence-corrected chi connectivity index (χ4v) is 3.55. The Hall–Kier alpha value is -1.99. The minimum Gasteiger partial charge on any atom is -0.486 e. The van der Waals surface area contributed by atoms with Crippen molar-refractivity contribution in [1.82, 2.24) is 4.90 Å². The molecule has 8 heteroatoms. The Balaban J connectivity index is 1.74. The molecule has 0 spiro atoms. The SMILES string of the molecule is O=C(O)CCN(C(=O)Cc1cc(Cl)c2c(c1)OCCO2)C1CCOCC1. The van der Waals surface area contributed by atoms with Gasteiger partial charge in [0.2, 0.25) is 5.91 Å². The van der Waals surface area contributed by atoms with Crippen molar-refractivity contribution >= 4 is 23.5 Å². The first-order valence-corrected chi connectivity index (χ1v) is 9.09. The maximum atomic E-state index is 12.9. The van der Waals surface area contributed by atoms with E-state index in [9.17, 15) is 9.59 Å². The van der Waals surface area contributed by atoms with Crippen LogP contribution in [0.3, 0.4) is 0 Å². The molecule has 0 saturated carbocycles. The van der Waals surface area contributed by atoms with E-state index in [1.807, 2.05) is 0 Å². The normalized spacial score (nSPS) is 17.0. The third-order valence-electron chi connectivity index (χ3n) is 4.53. The molecule has 0 radical (unpaired) electrons. The van der Waals surface area contributed by atoms with Crippen LogP contribution in [0, 0.1) is 0 Å². The summed E-state index contributed by atoms with van der Waals surface area (Å²) in [7, 11) is 0. The van der Waals surface area contributed by atoms with E-state index in [1.54, 1.807) is 17.0 Å². The molecule has 142 valence electrons. The number of hydrogen-bond acceptors (Lipinski definition) is 5. The molecule has 3 rings (SSSR count). The van der Waals surface area contributed by atoms with E-state index in [0.717, 1.165) is 5.56 Å². The Kier molecular flexibility index (Phi) is 6.21. The monoisotopic (exact) mass is 383 g/mol. The second kappa shape index (κ2) is 8.60. The summed E-state index contributed by atoms with van der Waals surface area (Å²) in [6, 6.07) is 3.47. The first-order chi connectivity index (χ1) is 12.5. The zero-order valence-corrected chi connectivity index (χ0v) is 15.2. The standard InChI is InChI=1S/C18H22ClNO6/c19-14-9-12(10-15-18(14)26-8-7-25-15)11-16(21)20(4-1-17(22)23)13-2-5-24-6-3-13/h9-10,13H,1-8,11H2,(H,22,23). The predicted octanol–water partition coefficient (Wildman–Crippen LogP) is 2.14. The van der Waals surface area contributed by atoms with Crippen LogP contribution in [-0.2, 0) is 20.7 Å². The maximum absolute atomic E-state index is 12.9. The fraction of sp³-hybridized carbons (Fsp3) is 0.556. The molecule has 7 nitrogen and oxygen atoms in total. The molecule has 0 unspecified atom stereocenters. The van der Waals surface area contributed by atoms with Gasteiger partial charge in [0, 0.05) is 25.8 Å². The molecule has 1 fully saturated rings. The van der Waals surface area contributed by atoms with Gasteiger partial charge in [-0.1, -0.05) is 11.6 Å². The number of benzene rings is 1. The zero-order valence-electron chi connectivity index (χ0n) is 14.4. The Labute approximate surface area is 156 Å². The number of fused-ring (bicyclic) bond motifs is 1. The molecule has 0 aliphatic carbocycles. The van der Waals surface area contributed by atoms with Gasteiger partial charge in [-0.2, -0.15) is 0 Å². The molecule has 0 aromatic heterocycles. The summed E-state index contributed by atoms with van der Waals surface area (Å²) in [6.45, 7) is 2.23. The lowest BCUT2D eigenvalue weighted by Gasteiger charge is -2.34. The highest BCUT2D eigenvalue weighted by atomic mass is 35.5. The maximum Gasteiger partial charge on any atom is 0.305 e. The van der Waals surface area contributed by atoms with Gasteiger partial charge in [-0.15, -0.1) is 0 Å². The van der Waals surface area contributed by atoms with E-state index in [4.69, 9.17) is 30.9 Å². The Morgan fingerprint density at radius 1 is 1.15 bits per heavy atom. The van der Waals surface area contributed by atoms with Crippen molar-refractivity contribution in [2.24, 2.45) is 0 Å². The molecule has 2 aliphatic rings. The molecule has 0 atom stereocenters. The number of ether oxygens (including phenoxy) is 3. The second-order valence-electron chi connectivity index (χ2n) is 6.35. The lowest BCUT2D eigenvalue weighted by molar-refractivity contribution is -0.140. The van der Waals surface area contributed by atoms with Crippen LogP contribution in [0.15, 0.2) is 12.1 Å². The third-order valence-corrected chi connectivity index (χ3v) is 4.81. The van der Waals surface area contributed by atoms with Crippen molar-refractivity contribution in [3.63, 3.8) is 0 Å². The van der Waals surface area contributed by atoms with Gasteiger partial charge in [0.05, 0.1) is 17.9 Å². The number of carbonyl (C=O) groups is 2. The average Bonchev–Trinajstić information content (AvgIpc) is 2.62. The van der Waals surface area contributed by atoms with Crippen molar-refractivity contribution in [3.8, 4) is 11.5 Å². The highest BCUT2D eigenvalue weighted by Gasteiger charge is 2.27. The Bertz CT molecular complexity index is 674. The van der Waals surface area contributed by atoms with E-state index in [1.165, 1.54) is 0 Å². The smallest absolute Gasteiger partial charge is 0.305 e. The van der Waals surface area contributed by atoms with Crippen LogP contribution < -0.4 is 9.47 Å². The average molecular weight is 384 g/mol. The van der Waals surface area contributed by atoms with E-state index < -0.39 is 5.97 Å². The van der Waals surface area contributed by atoms with Crippen LogP contribution in [0.4, 0.5) is 0 Å². The quantitative estimate of drug-likeness (QED) is 0.810. The summed E-state index contributed by atoms with van der Waals surface area (Å²) in [5.74, 6) is -0.000825. The highest BCUT2D eigenvalue weighted by molar-refractivity contribution is 6.32. The van der Waals surface area contributed by atoms with Crippen molar-refractivity contribution in [1.29, 1.82) is 0 Å². The summed E-state index contributed by atoms with van der Waals surface area (Å²) in [4.78, 5) is 25.5. The zero-order chi connectivity index (χ0) is 18.5. The van der Waals surface area contributed by atoms with Crippen molar-refractivity contribution < 1.29 is 28.9 Å². The first-order valence-electron chi connectivity index (χ1n) is 8.71. The van der Waals surface area contributed by atoms with Crippen LogP contribution in [0.1, 0.15) is 24.8 Å². The summed E-state index contributed by atoms with van der Waals surface area (Å²) < 4.78 is 16.4. The number of rotatable bonds is 6. The van der Waals surface area contributed by atoms with Crippen molar-refractivity contribution in [2.75, 3.05) is 33.0 Å². The summed E-state index contributed by atoms with van der Waals surface area (Å²) in [6.07, 6.45) is 1.48. The third kappa shape index (κ3) is 4.59. The number of nitrogens with zero attached hydrogens (tertiary/aromatic N) is 1. The number of amides is 1.